The summed E-state index contributed by atoms with van der Waals surface area (Å²) >= 11 is 1.31. The molecule has 0 spiro atoms. The number of Topliss-reactive ketones (excluding diaryl/α,β-unsaturated/α-hetero) is 1. The molecule has 2 aromatic rings. The van der Waals surface area contributed by atoms with Crippen molar-refractivity contribution in [3.63, 3.8) is 0 Å². The molecule has 1 atom stereocenters. The molecule has 26 heavy (non-hydrogen) atoms. The zero-order valence-corrected chi connectivity index (χ0v) is 15.9. The van der Waals surface area contributed by atoms with E-state index in [0.717, 1.165) is 10.6 Å². The summed E-state index contributed by atoms with van der Waals surface area (Å²) in [5.41, 5.74) is 1.65. The van der Waals surface area contributed by atoms with Crippen LogP contribution < -0.4 is 10.2 Å². The number of para-hydroxylation sites is 1. The van der Waals surface area contributed by atoms with Gasteiger partial charge in [0.1, 0.15) is 11.0 Å². The van der Waals surface area contributed by atoms with Crippen LogP contribution in [0.15, 0.2) is 18.2 Å². The van der Waals surface area contributed by atoms with Gasteiger partial charge in [-0.3, -0.25) is 24.6 Å². The van der Waals surface area contributed by atoms with Crippen LogP contribution in [0, 0.1) is 6.92 Å². The number of benzene rings is 1. The fourth-order valence-electron chi connectivity index (χ4n) is 2.98. The van der Waals surface area contributed by atoms with Crippen molar-refractivity contribution in [1.29, 1.82) is 0 Å². The van der Waals surface area contributed by atoms with Crippen LogP contribution >= 0.6 is 11.3 Å². The van der Waals surface area contributed by atoms with Crippen LogP contribution in [0.2, 0.25) is 0 Å². The van der Waals surface area contributed by atoms with Crippen LogP contribution in [0.5, 0.6) is 0 Å². The zero-order chi connectivity index (χ0) is 19.0. The van der Waals surface area contributed by atoms with Crippen LogP contribution in [0.4, 0.5) is 10.8 Å². The van der Waals surface area contributed by atoms with Crippen molar-refractivity contribution in [2.24, 2.45) is 0 Å². The van der Waals surface area contributed by atoms with Gasteiger partial charge in [0.25, 0.3) is 11.7 Å². The number of rotatable bonds is 5. The SMILES string of the molecule is CCC(C(=O)Nc1nnc(C(C)C)s1)N1C(=O)C(=O)c2cccc(C)c21. The highest BCUT2D eigenvalue weighted by Crippen LogP contribution is 2.35. The number of anilines is 2. The quantitative estimate of drug-likeness (QED) is 0.815. The summed E-state index contributed by atoms with van der Waals surface area (Å²) < 4.78 is 0. The van der Waals surface area contributed by atoms with Gasteiger partial charge in [-0.2, -0.15) is 0 Å². The Morgan fingerprint density at radius 3 is 2.62 bits per heavy atom. The van der Waals surface area contributed by atoms with E-state index in [-0.39, 0.29) is 11.8 Å². The second-order valence-electron chi connectivity index (χ2n) is 6.49. The molecule has 1 aliphatic rings. The highest BCUT2D eigenvalue weighted by Gasteiger charge is 2.42. The molecule has 3 rings (SSSR count). The van der Waals surface area contributed by atoms with Crippen LogP contribution in [0.25, 0.3) is 0 Å². The molecule has 1 aliphatic heterocycles. The summed E-state index contributed by atoms with van der Waals surface area (Å²) in [6.07, 6.45) is 0.370. The molecular weight excluding hydrogens is 352 g/mol. The van der Waals surface area contributed by atoms with Crippen molar-refractivity contribution in [3.05, 3.63) is 34.3 Å². The molecule has 0 aliphatic carbocycles. The lowest BCUT2D eigenvalue weighted by Gasteiger charge is -2.26. The molecule has 136 valence electrons. The summed E-state index contributed by atoms with van der Waals surface area (Å²) in [6.45, 7) is 7.62. The molecule has 0 saturated heterocycles. The van der Waals surface area contributed by atoms with Crippen molar-refractivity contribution < 1.29 is 14.4 Å². The van der Waals surface area contributed by atoms with Gasteiger partial charge in [0.05, 0.1) is 11.3 Å². The van der Waals surface area contributed by atoms with Gasteiger partial charge in [-0.25, -0.2) is 0 Å². The number of fused-ring (bicyclic) bond motifs is 1. The number of nitrogens with one attached hydrogen (secondary N) is 1. The van der Waals surface area contributed by atoms with E-state index < -0.39 is 17.7 Å². The predicted molar refractivity (Wildman–Crippen MR) is 99.7 cm³/mol. The summed E-state index contributed by atoms with van der Waals surface area (Å²) in [5, 5.41) is 12.0. The van der Waals surface area contributed by atoms with Crippen molar-refractivity contribution in [3.8, 4) is 0 Å². The van der Waals surface area contributed by atoms with Crippen LogP contribution in [-0.2, 0) is 9.59 Å². The van der Waals surface area contributed by atoms with E-state index >= 15 is 0 Å². The molecule has 1 aromatic carbocycles. The van der Waals surface area contributed by atoms with E-state index in [4.69, 9.17) is 0 Å². The van der Waals surface area contributed by atoms with Gasteiger partial charge in [0.2, 0.25) is 11.0 Å². The molecule has 7 nitrogen and oxygen atoms in total. The number of hydrogen-bond donors (Lipinski definition) is 1. The van der Waals surface area contributed by atoms with Crippen molar-refractivity contribution in [2.45, 2.75) is 46.1 Å². The lowest BCUT2D eigenvalue weighted by Crippen LogP contribution is -2.46. The Labute approximate surface area is 155 Å². The van der Waals surface area contributed by atoms with Gasteiger partial charge in [-0.05, 0) is 25.0 Å². The maximum absolute atomic E-state index is 12.8. The van der Waals surface area contributed by atoms with Gasteiger partial charge < -0.3 is 0 Å². The summed E-state index contributed by atoms with van der Waals surface area (Å²) in [4.78, 5) is 38.9. The Balaban J connectivity index is 1.90. The lowest BCUT2D eigenvalue weighted by molar-refractivity contribution is -0.121. The maximum Gasteiger partial charge on any atom is 0.300 e. The Morgan fingerprint density at radius 2 is 2.00 bits per heavy atom. The average Bonchev–Trinajstić information content (AvgIpc) is 3.16. The number of aromatic nitrogens is 2. The average molecular weight is 372 g/mol. The second-order valence-corrected chi connectivity index (χ2v) is 7.50. The van der Waals surface area contributed by atoms with Crippen molar-refractivity contribution in [2.75, 3.05) is 10.2 Å². The summed E-state index contributed by atoms with van der Waals surface area (Å²) in [6, 6.07) is 4.38. The minimum absolute atomic E-state index is 0.215. The normalized spacial score (nSPS) is 14.7. The van der Waals surface area contributed by atoms with E-state index in [1.807, 2.05) is 26.8 Å². The highest BCUT2D eigenvalue weighted by atomic mass is 32.1. The van der Waals surface area contributed by atoms with Crippen molar-refractivity contribution in [1.82, 2.24) is 10.2 Å². The summed E-state index contributed by atoms with van der Waals surface area (Å²) in [5.74, 6) is -1.41. The number of carbonyl (C=O) groups is 3. The molecule has 2 amide bonds. The number of nitrogens with zero attached hydrogens (tertiary/aromatic N) is 3. The molecule has 0 fully saturated rings. The number of carbonyl (C=O) groups excluding carboxylic acids is 3. The molecule has 1 aromatic heterocycles. The predicted octanol–water partition coefficient (Wildman–Crippen LogP) is 2.92. The van der Waals surface area contributed by atoms with Crippen LogP contribution in [-0.4, -0.2) is 33.8 Å². The minimum atomic E-state index is -0.791. The molecule has 8 heteroatoms. The summed E-state index contributed by atoms with van der Waals surface area (Å²) in [7, 11) is 0. The third kappa shape index (κ3) is 3.01. The fraction of sp³-hybridized carbons (Fsp3) is 0.389. The zero-order valence-electron chi connectivity index (χ0n) is 15.1. The monoisotopic (exact) mass is 372 g/mol. The topological polar surface area (TPSA) is 92.3 Å². The van der Waals surface area contributed by atoms with Gasteiger partial charge in [0, 0.05) is 5.92 Å². The van der Waals surface area contributed by atoms with Crippen LogP contribution in [0.3, 0.4) is 0 Å². The smallest absolute Gasteiger partial charge is 0.299 e. The van der Waals surface area contributed by atoms with E-state index in [0.29, 0.717) is 22.8 Å². The Kier molecular flexibility index (Phi) is 4.86. The Morgan fingerprint density at radius 1 is 1.27 bits per heavy atom. The van der Waals surface area contributed by atoms with Gasteiger partial charge >= 0.3 is 0 Å². The maximum atomic E-state index is 12.8. The first-order chi connectivity index (χ1) is 12.3. The van der Waals surface area contributed by atoms with E-state index in [1.54, 1.807) is 19.1 Å². The fourth-order valence-corrected chi connectivity index (χ4v) is 3.73. The largest absolute Gasteiger partial charge is 0.300 e. The molecular formula is C18H20N4O3S. The van der Waals surface area contributed by atoms with E-state index in [1.165, 1.54) is 16.2 Å². The van der Waals surface area contributed by atoms with Crippen LogP contribution in [0.1, 0.15) is 54.0 Å². The first kappa shape index (κ1) is 18.2. The van der Waals surface area contributed by atoms with E-state index in [2.05, 4.69) is 15.5 Å². The third-order valence-corrected chi connectivity index (χ3v) is 5.44. The highest BCUT2D eigenvalue weighted by molar-refractivity contribution is 7.15. The first-order valence-electron chi connectivity index (χ1n) is 8.46. The molecule has 2 heterocycles. The Hall–Kier alpha value is -2.61. The number of amides is 2. The van der Waals surface area contributed by atoms with Gasteiger partial charge in [-0.1, -0.05) is 44.2 Å². The molecule has 1 N–H and O–H groups in total. The lowest BCUT2D eigenvalue weighted by atomic mass is 10.1. The second kappa shape index (κ2) is 6.95. The molecule has 0 radical (unpaired) electrons. The minimum Gasteiger partial charge on any atom is -0.299 e. The van der Waals surface area contributed by atoms with Gasteiger partial charge in [-0.15, -0.1) is 10.2 Å². The number of hydrogen-bond acceptors (Lipinski definition) is 6. The first-order valence-corrected chi connectivity index (χ1v) is 9.28. The van der Waals surface area contributed by atoms with Gasteiger partial charge in [0.15, 0.2) is 0 Å². The number of aryl methyl sites for hydroxylation is 1. The molecule has 0 saturated carbocycles. The Bertz CT molecular complexity index is 890. The molecule has 1 unspecified atom stereocenters. The standard InChI is InChI=1S/C18H20N4O3S/c1-5-12(15(24)19-18-21-20-16(26-18)9(2)3)22-13-10(4)7-6-8-11(13)14(23)17(22)25/h6-9,12H,5H2,1-4H3,(H,19,21,24). The van der Waals surface area contributed by atoms with E-state index in [9.17, 15) is 14.4 Å². The van der Waals surface area contributed by atoms with Crippen molar-refractivity contribution >= 4 is 39.8 Å². The number of ketones is 1. The molecule has 0 bridgehead atoms. The third-order valence-electron chi connectivity index (χ3n) is 4.30.